The highest BCUT2D eigenvalue weighted by Crippen LogP contribution is 2.67. The van der Waals surface area contributed by atoms with Crippen LogP contribution in [0.25, 0.3) is 11.1 Å². The lowest BCUT2D eigenvalue weighted by Gasteiger charge is -2.68. The number of nitrogens with one attached hydrogen (secondary N) is 1. The summed E-state index contributed by atoms with van der Waals surface area (Å²) in [4.78, 5) is 16.8. The number of sulfone groups is 1. The third-order valence-electron chi connectivity index (χ3n) is 5.38. The zero-order valence-electron chi connectivity index (χ0n) is 14.3. The van der Waals surface area contributed by atoms with Crippen LogP contribution in [0.1, 0.15) is 35.7 Å². The van der Waals surface area contributed by atoms with Crippen molar-refractivity contribution < 1.29 is 26.4 Å². The van der Waals surface area contributed by atoms with Crippen LogP contribution in [-0.2, 0) is 15.3 Å². The molecule has 6 rings (SSSR count). The normalized spacial score (nSPS) is 26.4. The van der Waals surface area contributed by atoms with E-state index in [9.17, 15) is 17.6 Å². The lowest BCUT2D eigenvalue weighted by atomic mass is 9.39. The van der Waals surface area contributed by atoms with Gasteiger partial charge in [0.15, 0.2) is 11.3 Å². The number of fused-ring (bicyclic) bond motifs is 1. The van der Waals surface area contributed by atoms with Crippen LogP contribution in [0.15, 0.2) is 44.3 Å². The predicted octanol–water partition coefficient (Wildman–Crippen LogP) is 2.57. The van der Waals surface area contributed by atoms with Crippen molar-refractivity contribution in [2.75, 3.05) is 6.26 Å². The number of furan rings is 1. The molecule has 2 bridgehead atoms. The summed E-state index contributed by atoms with van der Waals surface area (Å²) in [7, 11) is -3.50. The molecule has 2 heterocycles. The number of hydrogen-bond acceptors (Lipinski definition) is 6. The fraction of sp³-hybridized carbons (Fsp3) is 0.333. The van der Waals surface area contributed by atoms with Gasteiger partial charge in [-0.1, -0.05) is 0 Å². The molecule has 140 valence electrons. The Morgan fingerprint density at radius 3 is 2.59 bits per heavy atom. The highest BCUT2D eigenvalue weighted by atomic mass is 32.2. The Bertz CT molecular complexity index is 1190. The van der Waals surface area contributed by atoms with Crippen LogP contribution in [0, 0.1) is 5.82 Å². The largest absolute Gasteiger partial charge is 0.440 e. The summed E-state index contributed by atoms with van der Waals surface area (Å²) in [5, 5.41) is 2.68. The third kappa shape index (κ3) is 2.41. The molecule has 3 fully saturated rings. The van der Waals surface area contributed by atoms with Gasteiger partial charge in [0.25, 0.3) is 5.91 Å². The second-order valence-electron chi connectivity index (χ2n) is 7.57. The molecule has 0 aliphatic heterocycles. The topological polar surface area (TPSA) is 102 Å². The Kier molecular flexibility index (Phi) is 3.04. The van der Waals surface area contributed by atoms with Crippen LogP contribution in [0.2, 0.25) is 0 Å². The molecule has 0 spiro atoms. The van der Waals surface area contributed by atoms with Crippen molar-refractivity contribution in [2.45, 2.75) is 35.3 Å². The van der Waals surface area contributed by atoms with Gasteiger partial charge in [0, 0.05) is 17.9 Å². The average Bonchev–Trinajstić information content (AvgIpc) is 3.14. The van der Waals surface area contributed by atoms with Gasteiger partial charge in [0.2, 0.25) is 20.8 Å². The maximum Gasteiger partial charge on any atom is 0.287 e. The zero-order valence-corrected chi connectivity index (χ0v) is 15.1. The molecule has 3 aliphatic carbocycles. The maximum atomic E-state index is 13.3. The van der Waals surface area contributed by atoms with Crippen molar-refractivity contribution in [3.05, 3.63) is 47.8 Å². The van der Waals surface area contributed by atoms with Gasteiger partial charge in [-0.2, -0.15) is 0 Å². The summed E-state index contributed by atoms with van der Waals surface area (Å²) in [6, 6.07) is 6.85. The first-order valence-electron chi connectivity index (χ1n) is 8.37. The van der Waals surface area contributed by atoms with E-state index in [-0.39, 0.29) is 27.6 Å². The summed E-state index contributed by atoms with van der Waals surface area (Å²) in [6.07, 6.45) is 3.02. The molecule has 1 aromatic carbocycles. The maximum absolute atomic E-state index is 13.3. The van der Waals surface area contributed by atoms with Crippen molar-refractivity contribution in [2.24, 2.45) is 0 Å². The number of aromatic nitrogens is 1. The molecule has 7 nitrogen and oxygen atoms in total. The molecule has 0 atom stereocenters. The molecule has 3 aliphatic rings. The van der Waals surface area contributed by atoms with Gasteiger partial charge < -0.3 is 14.2 Å². The lowest BCUT2D eigenvalue weighted by Crippen LogP contribution is -2.76. The van der Waals surface area contributed by atoms with E-state index in [0.29, 0.717) is 36.3 Å². The molecule has 0 saturated heterocycles. The van der Waals surface area contributed by atoms with E-state index in [1.165, 1.54) is 24.3 Å². The smallest absolute Gasteiger partial charge is 0.287 e. The monoisotopic (exact) mass is 390 g/mol. The predicted molar refractivity (Wildman–Crippen MR) is 91.5 cm³/mol. The van der Waals surface area contributed by atoms with Gasteiger partial charge in [-0.05, 0) is 43.5 Å². The molecule has 3 aromatic rings. The Hall–Kier alpha value is -2.68. The van der Waals surface area contributed by atoms with E-state index in [0.717, 1.165) is 6.26 Å². The quantitative estimate of drug-likeness (QED) is 0.735. The van der Waals surface area contributed by atoms with Crippen LogP contribution in [0.4, 0.5) is 4.39 Å². The Balaban J connectivity index is 1.30. The summed E-state index contributed by atoms with van der Waals surface area (Å²) in [5.41, 5.74) is 0.431. The minimum atomic E-state index is -3.50. The van der Waals surface area contributed by atoms with Gasteiger partial charge >= 0.3 is 0 Å². The Morgan fingerprint density at radius 1 is 1.19 bits per heavy atom. The number of carbonyl (C=O) groups excluding carboxylic acids is 1. The van der Waals surface area contributed by atoms with E-state index < -0.39 is 15.7 Å². The number of nitrogens with zero attached hydrogens (tertiary/aromatic N) is 1. The first-order valence-corrected chi connectivity index (χ1v) is 10.3. The molecular formula is C18H15FN2O5S. The van der Waals surface area contributed by atoms with Crippen molar-refractivity contribution in [3.8, 4) is 0 Å². The number of hydrogen-bond donors (Lipinski definition) is 1. The first-order chi connectivity index (χ1) is 12.7. The zero-order chi connectivity index (χ0) is 19.0. The average molecular weight is 390 g/mol. The lowest BCUT2D eigenvalue weighted by molar-refractivity contribution is -0.0958. The number of carbonyl (C=O) groups is 1. The van der Waals surface area contributed by atoms with Crippen LogP contribution in [0.5, 0.6) is 0 Å². The number of oxazole rings is 1. The molecule has 3 saturated carbocycles. The SMILES string of the molecule is CS(=O)(=O)c1ccc(C(=O)NC23CC(c4nc5ccc(F)cc5o4)(C2)C3)o1. The molecule has 0 unspecified atom stereocenters. The highest BCUT2D eigenvalue weighted by Gasteiger charge is 2.71. The van der Waals surface area contributed by atoms with Gasteiger partial charge in [-0.15, -0.1) is 0 Å². The van der Waals surface area contributed by atoms with Crippen molar-refractivity contribution in [1.29, 1.82) is 0 Å². The van der Waals surface area contributed by atoms with E-state index >= 15 is 0 Å². The van der Waals surface area contributed by atoms with Crippen LogP contribution in [-0.4, -0.2) is 31.1 Å². The number of halogens is 1. The highest BCUT2D eigenvalue weighted by molar-refractivity contribution is 7.90. The first kappa shape index (κ1) is 16.5. The summed E-state index contributed by atoms with van der Waals surface area (Å²) in [6.45, 7) is 0. The van der Waals surface area contributed by atoms with Crippen LogP contribution >= 0.6 is 0 Å². The molecule has 1 amide bonds. The molecular weight excluding hydrogens is 375 g/mol. The molecule has 2 aromatic heterocycles. The fourth-order valence-corrected chi connectivity index (χ4v) is 4.77. The number of amides is 1. The second kappa shape index (κ2) is 4.98. The van der Waals surface area contributed by atoms with Crippen molar-refractivity contribution in [1.82, 2.24) is 10.3 Å². The molecule has 1 N–H and O–H groups in total. The molecule has 0 radical (unpaired) electrons. The van der Waals surface area contributed by atoms with Gasteiger partial charge in [-0.3, -0.25) is 4.79 Å². The Morgan fingerprint density at radius 2 is 1.93 bits per heavy atom. The molecule has 9 heteroatoms. The van der Waals surface area contributed by atoms with Gasteiger partial charge in [0.1, 0.15) is 11.3 Å². The van der Waals surface area contributed by atoms with Crippen molar-refractivity contribution in [3.63, 3.8) is 0 Å². The fourth-order valence-electron chi connectivity index (χ4n) is 4.22. The summed E-state index contributed by atoms with van der Waals surface area (Å²) < 4.78 is 47.1. The van der Waals surface area contributed by atoms with E-state index in [4.69, 9.17) is 8.83 Å². The van der Waals surface area contributed by atoms with E-state index in [2.05, 4.69) is 10.3 Å². The van der Waals surface area contributed by atoms with Crippen LogP contribution < -0.4 is 5.32 Å². The third-order valence-corrected chi connectivity index (χ3v) is 6.33. The minimum Gasteiger partial charge on any atom is -0.440 e. The second-order valence-corrected chi connectivity index (χ2v) is 9.51. The van der Waals surface area contributed by atoms with Crippen LogP contribution in [0.3, 0.4) is 0 Å². The van der Waals surface area contributed by atoms with Gasteiger partial charge in [-0.25, -0.2) is 17.8 Å². The number of benzene rings is 1. The molecule has 27 heavy (non-hydrogen) atoms. The van der Waals surface area contributed by atoms with E-state index in [1.54, 1.807) is 6.07 Å². The number of rotatable bonds is 4. The van der Waals surface area contributed by atoms with E-state index in [1.807, 2.05) is 0 Å². The summed E-state index contributed by atoms with van der Waals surface area (Å²) in [5.74, 6) is -0.292. The standard InChI is InChI=1S/C18H15FN2O5S/c1-27(23,24)14-5-4-12(25-14)15(22)21-18-7-17(8-18,9-18)16-20-11-3-2-10(19)6-13(11)26-16/h2-6H,7-9H2,1H3,(H,21,22). The Labute approximate surface area is 153 Å². The van der Waals surface area contributed by atoms with Crippen molar-refractivity contribution >= 4 is 26.8 Å². The van der Waals surface area contributed by atoms with Gasteiger partial charge in [0.05, 0.1) is 5.41 Å². The summed E-state index contributed by atoms with van der Waals surface area (Å²) >= 11 is 0. The minimum absolute atomic E-state index is 0.0356.